The number of rotatable bonds is 4. The molecule has 0 aliphatic carbocycles. The van der Waals surface area contributed by atoms with Gasteiger partial charge in [-0.15, -0.1) is 0 Å². The molecule has 28 heavy (non-hydrogen) atoms. The highest BCUT2D eigenvalue weighted by atomic mass is 32.2. The summed E-state index contributed by atoms with van der Waals surface area (Å²) >= 11 is 1.96. The first-order chi connectivity index (χ1) is 13.4. The zero-order valence-electron chi connectivity index (χ0n) is 16.4. The van der Waals surface area contributed by atoms with Gasteiger partial charge in [-0.3, -0.25) is 0 Å². The van der Waals surface area contributed by atoms with E-state index in [0.717, 1.165) is 6.07 Å². The number of hydrogen-bond donors (Lipinski definition) is 2. The van der Waals surface area contributed by atoms with Gasteiger partial charge in [0, 0.05) is 0 Å². The minimum absolute atomic E-state index is 0.0111. The molecule has 3 rings (SSSR count). The molecule has 0 bridgehead atoms. The molecule has 3 aromatic carbocycles. The van der Waals surface area contributed by atoms with E-state index >= 15 is 0 Å². The molecular formula is C23H26O4S. The third kappa shape index (κ3) is 7.84. The Morgan fingerprint density at radius 2 is 1.25 bits per heavy atom. The lowest BCUT2D eigenvalue weighted by molar-refractivity contribution is 0.0695. The highest BCUT2D eigenvalue weighted by Gasteiger charge is 2.10. The lowest BCUT2D eigenvalue weighted by atomic mass is 10.1. The first-order valence-electron chi connectivity index (χ1n) is 8.99. The zero-order valence-corrected chi connectivity index (χ0v) is 17.2. The predicted molar refractivity (Wildman–Crippen MR) is 118 cm³/mol. The maximum Gasteiger partial charge on any atom is 0.335 e. The highest BCUT2D eigenvalue weighted by molar-refractivity contribution is 7.99. The van der Waals surface area contributed by atoms with Gasteiger partial charge in [-0.2, -0.15) is 11.8 Å². The minimum atomic E-state index is -1.12. The summed E-state index contributed by atoms with van der Waals surface area (Å²) in [7, 11) is 0. The maximum atomic E-state index is 10.6. The van der Waals surface area contributed by atoms with Gasteiger partial charge in [-0.25, -0.2) is 9.59 Å². The molecule has 0 aromatic heterocycles. The van der Waals surface area contributed by atoms with Gasteiger partial charge in [0.25, 0.3) is 0 Å². The highest BCUT2D eigenvalue weighted by Crippen LogP contribution is 2.12. The van der Waals surface area contributed by atoms with Crippen LogP contribution in [-0.2, 0) is 0 Å². The summed E-state index contributed by atoms with van der Waals surface area (Å²) in [6.07, 6.45) is 0. The fourth-order valence-electron chi connectivity index (χ4n) is 2.32. The number of carbonyl (C=O) groups is 2. The molecule has 0 aliphatic heterocycles. The average molecular weight is 399 g/mol. The Morgan fingerprint density at radius 1 is 0.786 bits per heavy atom. The van der Waals surface area contributed by atoms with Crippen LogP contribution in [0, 0.1) is 6.92 Å². The van der Waals surface area contributed by atoms with Crippen LogP contribution in [0.15, 0.2) is 66.7 Å². The summed E-state index contributed by atoms with van der Waals surface area (Å²) in [4.78, 5) is 21.1. The number of carboxylic acid groups (broad SMARTS) is 2. The predicted octanol–water partition coefficient (Wildman–Crippen LogP) is 5.99. The molecule has 0 radical (unpaired) electrons. The van der Waals surface area contributed by atoms with Crippen LogP contribution in [0.4, 0.5) is 0 Å². The van der Waals surface area contributed by atoms with E-state index in [2.05, 4.69) is 62.4 Å². The van der Waals surface area contributed by atoms with Gasteiger partial charge < -0.3 is 10.2 Å². The third-order valence-electron chi connectivity index (χ3n) is 3.78. The fourth-order valence-corrected chi connectivity index (χ4v) is 2.73. The average Bonchev–Trinajstić information content (AvgIpc) is 2.69. The van der Waals surface area contributed by atoms with Crippen molar-refractivity contribution in [2.24, 2.45) is 0 Å². The second-order valence-electron chi connectivity index (χ2n) is 5.77. The Bertz CT molecular complexity index is 839. The van der Waals surface area contributed by atoms with Crippen molar-refractivity contribution in [1.82, 2.24) is 0 Å². The van der Waals surface area contributed by atoms with E-state index in [1.165, 1.54) is 34.4 Å². The van der Waals surface area contributed by atoms with E-state index in [-0.39, 0.29) is 11.1 Å². The molecular weight excluding hydrogens is 372 g/mol. The molecule has 148 valence electrons. The van der Waals surface area contributed by atoms with Crippen molar-refractivity contribution in [1.29, 1.82) is 0 Å². The number of fused-ring (bicyclic) bond motifs is 1. The van der Waals surface area contributed by atoms with Gasteiger partial charge in [0.15, 0.2) is 0 Å². The van der Waals surface area contributed by atoms with Gasteiger partial charge >= 0.3 is 11.9 Å². The molecule has 0 fully saturated rings. The van der Waals surface area contributed by atoms with Gasteiger partial charge in [0.05, 0.1) is 11.1 Å². The first kappa shape index (κ1) is 23.2. The van der Waals surface area contributed by atoms with Crippen molar-refractivity contribution in [2.75, 3.05) is 11.5 Å². The summed E-state index contributed by atoms with van der Waals surface area (Å²) in [6.45, 7) is 5.97. The van der Waals surface area contributed by atoms with Gasteiger partial charge in [-0.1, -0.05) is 68.4 Å². The second-order valence-corrected chi connectivity index (χ2v) is 7.33. The minimum Gasteiger partial charge on any atom is -0.478 e. The Hall–Kier alpha value is -2.79. The van der Waals surface area contributed by atoms with E-state index < -0.39 is 11.9 Å². The van der Waals surface area contributed by atoms with Gasteiger partial charge in [-0.05, 0) is 46.9 Å². The van der Waals surface area contributed by atoms with Crippen molar-refractivity contribution in [2.45, 2.75) is 20.8 Å². The Kier molecular flexibility index (Phi) is 10.4. The van der Waals surface area contributed by atoms with Crippen LogP contribution in [0.1, 0.15) is 40.1 Å². The zero-order chi connectivity index (χ0) is 20.9. The van der Waals surface area contributed by atoms with Crippen LogP contribution < -0.4 is 0 Å². The molecule has 0 atom stereocenters. The largest absolute Gasteiger partial charge is 0.478 e. The Balaban J connectivity index is 0.000000231. The van der Waals surface area contributed by atoms with Crippen LogP contribution >= 0.6 is 11.8 Å². The summed E-state index contributed by atoms with van der Waals surface area (Å²) < 4.78 is 0. The number of carboxylic acids is 2. The molecule has 0 heterocycles. The second kappa shape index (κ2) is 12.6. The van der Waals surface area contributed by atoms with Gasteiger partial charge in [0.2, 0.25) is 0 Å². The summed E-state index contributed by atoms with van der Waals surface area (Å²) in [5, 5.41) is 19.9. The third-order valence-corrected chi connectivity index (χ3v) is 4.60. The Labute approximate surface area is 170 Å². The fraction of sp³-hybridized carbons (Fsp3) is 0.217. The summed E-state index contributed by atoms with van der Waals surface area (Å²) in [6, 6.07) is 20.7. The number of hydrogen-bond acceptors (Lipinski definition) is 3. The van der Waals surface area contributed by atoms with Crippen LogP contribution in [0.3, 0.4) is 0 Å². The molecule has 0 saturated heterocycles. The van der Waals surface area contributed by atoms with Crippen LogP contribution in [-0.4, -0.2) is 33.7 Å². The normalized spacial score (nSPS) is 9.54. The molecule has 5 heteroatoms. The molecule has 4 nitrogen and oxygen atoms in total. The molecule has 0 saturated carbocycles. The van der Waals surface area contributed by atoms with Crippen molar-refractivity contribution in [3.8, 4) is 0 Å². The number of aromatic carboxylic acids is 2. The van der Waals surface area contributed by atoms with E-state index in [9.17, 15) is 9.59 Å². The quantitative estimate of drug-likeness (QED) is 0.564. The van der Waals surface area contributed by atoms with E-state index in [1.54, 1.807) is 6.92 Å². The van der Waals surface area contributed by atoms with Crippen LogP contribution in [0.25, 0.3) is 10.8 Å². The van der Waals surface area contributed by atoms with Crippen molar-refractivity contribution in [3.63, 3.8) is 0 Å². The monoisotopic (exact) mass is 398 g/mol. The van der Waals surface area contributed by atoms with Gasteiger partial charge in [0.1, 0.15) is 0 Å². The van der Waals surface area contributed by atoms with Crippen molar-refractivity contribution >= 4 is 34.5 Å². The SMILES string of the molecule is CCSCC.Cc1ccc(C(=O)O)cc1C(=O)O.c1ccc2ccccc2c1. The summed E-state index contributed by atoms with van der Waals surface area (Å²) in [5.74, 6) is 0.288. The summed E-state index contributed by atoms with van der Waals surface area (Å²) in [5.41, 5.74) is 0.570. The van der Waals surface area contributed by atoms with Crippen LogP contribution in [0.5, 0.6) is 0 Å². The molecule has 0 unspecified atom stereocenters. The topological polar surface area (TPSA) is 74.6 Å². The molecule has 0 spiro atoms. The van der Waals surface area contributed by atoms with E-state index in [1.807, 2.05) is 11.8 Å². The lowest BCUT2D eigenvalue weighted by Crippen LogP contribution is -2.03. The molecule has 2 N–H and O–H groups in total. The maximum absolute atomic E-state index is 10.6. The molecule has 3 aromatic rings. The van der Waals surface area contributed by atoms with E-state index in [0.29, 0.717) is 5.56 Å². The van der Waals surface area contributed by atoms with Crippen molar-refractivity contribution in [3.05, 3.63) is 83.4 Å². The number of aryl methyl sites for hydroxylation is 1. The molecule has 0 aliphatic rings. The molecule has 0 amide bonds. The number of thioether (sulfide) groups is 1. The van der Waals surface area contributed by atoms with E-state index in [4.69, 9.17) is 10.2 Å². The standard InChI is InChI=1S/C10H8.C9H8O4.C4H10S/c1-2-6-10-8-4-3-7-9(10)5-1;1-5-2-3-6(8(10)11)4-7(5)9(12)13;1-3-5-4-2/h1-8H;2-4H,1H3,(H,10,11)(H,12,13);3-4H2,1-2H3. The number of benzene rings is 3. The van der Waals surface area contributed by atoms with Crippen molar-refractivity contribution < 1.29 is 19.8 Å². The Morgan fingerprint density at radius 3 is 1.57 bits per heavy atom. The van der Waals surface area contributed by atoms with Crippen LogP contribution in [0.2, 0.25) is 0 Å². The lowest BCUT2D eigenvalue weighted by Gasteiger charge is -2.01. The first-order valence-corrected chi connectivity index (χ1v) is 10.1. The smallest absolute Gasteiger partial charge is 0.335 e.